The van der Waals surface area contributed by atoms with Gasteiger partial charge in [0.25, 0.3) is 5.56 Å². The molecule has 92 valence electrons. The first kappa shape index (κ1) is 11.8. The van der Waals surface area contributed by atoms with Crippen molar-refractivity contribution in [3.63, 3.8) is 0 Å². The molecule has 0 saturated heterocycles. The summed E-state index contributed by atoms with van der Waals surface area (Å²) in [5.74, 6) is 1.62. The van der Waals surface area contributed by atoms with Crippen LogP contribution in [0.15, 0.2) is 34.6 Å². The van der Waals surface area contributed by atoms with Crippen molar-refractivity contribution >= 4 is 17.1 Å². The molecule has 2 heterocycles. The number of carbonyl (C=O) groups excluding carboxylic acids is 1. The van der Waals surface area contributed by atoms with Crippen molar-refractivity contribution in [2.45, 2.75) is 13.1 Å². The Morgan fingerprint density at radius 3 is 2.89 bits per heavy atom. The van der Waals surface area contributed by atoms with Crippen molar-refractivity contribution in [3.8, 4) is 0 Å². The third-order valence-corrected chi connectivity index (χ3v) is 2.44. The summed E-state index contributed by atoms with van der Waals surface area (Å²) in [4.78, 5) is 39.7. The molecule has 0 bridgehead atoms. The first-order chi connectivity index (χ1) is 8.69. The van der Waals surface area contributed by atoms with Gasteiger partial charge in [-0.05, 0) is 0 Å². The van der Waals surface area contributed by atoms with Crippen LogP contribution in [-0.4, -0.2) is 25.0 Å². The maximum atomic E-state index is 11.7. The molecule has 18 heavy (non-hydrogen) atoms. The van der Waals surface area contributed by atoms with Crippen molar-refractivity contribution in [1.29, 1.82) is 0 Å². The van der Waals surface area contributed by atoms with Crippen LogP contribution >= 0.6 is 0 Å². The summed E-state index contributed by atoms with van der Waals surface area (Å²) in [6, 6.07) is 0. The van der Waals surface area contributed by atoms with E-state index in [0.29, 0.717) is 0 Å². The smallest absolute Gasteiger partial charge is 0.320 e. The Labute approximate surface area is 101 Å². The summed E-state index contributed by atoms with van der Waals surface area (Å²) in [7, 11) is 0. The van der Waals surface area contributed by atoms with Crippen LogP contribution in [0, 0.1) is 0 Å². The fraction of sp³-hybridized carbons (Fsp3) is 0.182. The monoisotopic (exact) mass is 246 g/mol. The topological polar surface area (TPSA) is 89.8 Å². The number of aromatic nitrogens is 4. The van der Waals surface area contributed by atoms with Crippen LogP contribution in [0.1, 0.15) is 0 Å². The second kappa shape index (κ2) is 4.68. The van der Waals surface area contributed by atoms with E-state index in [1.165, 1.54) is 27.6 Å². The van der Waals surface area contributed by atoms with E-state index in [2.05, 4.69) is 16.5 Å². The fourth-order valence-corrected chi connectivity index (χ4v) is 1.69. The SMILES string of the molecule is C=CCn1c(=O)[nH]c(=O)c2c1ncn2CC=C=O. The number of aromatic amines is 1. The number of hydrogen-bond donors (Lipinski definition) is 1. The lowest BCUT2D eigenvalue weighted by molar-refractivity contribution is 0.567. The molecule has 0 aliphatic rings. The van der Waals surface area contributed by atoms with Crippen LogP contribution in [0.3, 0.4) is 0 Å². The number of nitrogens with one attached hydrogen (secondary N) is 1. The predicted octanol–water partition coefficient (Wildman–Crippen LogP) is -0.540. The zero-order valence-electron chi connectivity index (χ0n) is 9.42. The highest BCUT2D eigenvalue weighted by Crippen LogP contribution is 2.05. The maximum absolute atomic E-state index is 11.7. The first-order valence-corrected chi connectivity index (χ1v) is 5.17. The van der Waals surface area contributed by atoms with Crippen molar-refractivity contribution in [3.05, 3.63) is 45.9 Å². The van der Waals surface area contributed by atoms with Crippen LogP contribution in [-0.2, 0) is 17.9 Å². The molecule has 1 N–H and O–H groups in total. The van der Waals surface area contributed by atoms with Gasteiger partial charge in [0.05, 0.1) is 12.9 Å². The molecule has 0 saturated carbocycles. The third kappa shape index (κ3) is 1.83. The van der Waals surface area contributed by atoms with Gasteiger partial charge in [0.2, 0.25) is 0 Å². The average Bonchev–Trinajstić information content (AvgIpc) is 2.76. The normalized spacial score (nSPS) is 10.2. The Balaban J connectivity index is 2.78. The van der Waals surface area contributed by atoms with Gasteiger partial charge in [-0.3, -0.25) is 14.3 Å². The third-order valence-electron chi connectivity index (χ3n) is 2.44. The van der Waals surface area contributed by atoms with Gasteiger partial charge in [-0.15, -0.1) is 6.58 Å². The zero-order valence-corrected chi connectivity index (χ0v) is 9.42. The second-order valence-corrected chi connectivity index (χ2v) is 3.55. The minimum absolute atomic E-state index is 0.176. The van der Waals surface area contributed by atoms with E-state index < -0.39 is 11.2 Å². The molecule has 0 amide bonds. The van der Waals surface area contributed by atoms with E-state index >= 15 is 0 Å². The minimum Gasteiger partial charge on any atom is -0.320 e. The van der Waals surface area contributed by atoms with Crippen LogP contribution in [0.25, 0.3) is 11.2 Å². The molecule has 0 aromatic carbocycles. The summed E-state index contributed by atoms with van der Waals surface area (Å²) in [5, 5.41) is 0. The van der Waals surface area contributed by atoms with Crippen LogP contribution < -0.4 is 11.2 Å². The van der Waals surface area contributed by atoms with Crippen molar-refractivity contribution in [2.24, 2.45) is 0 Å². The number of hydrogen-bond acceptors (Lipinski definition) is 4. The lowest BCUT2D eigenvalue weighted by Crippen LogP contribution is -2.30. The van der Waals surface area contributed by atoms with Crippen LogP contribution in [0.5, 0.6) is 0 Å². The van der Waals surface area contributed by atoms with E-state index in [9.17, 15) is 14.4 Å². The molecule has 0 aliphatic heterocycles. The standard InChI is InChI=1S/C11H10N4O3/c1-2-4-15-9-8(10(17)13-11(15)18)14(7-12-9)5-3-6-16/h2-3,7H,1,4-5H2,(H,13,17,18). The number of allylic oxidation sites excluding steroid dienone is 2. The highest BCUT2D eigenvalue weighted by molar-refractivity contribution is 5.70. The summed E-state index contributed by atoms with van der Waals surface area (Å²) in [6.45, 7) is 3.96. The highest BCUT2D eigenvalue weighted by atomic mass is 16.2. The molecule has 0 atom stereocenters. The molecule has 0 spiro atoms. The Morgan fingerprint density at radius 1 is 1.44 bits per heavy atom. The molecular weight excluding hydrogens is 236 g/mol. The van der Waals surface area contributed by atoms with Gasteiger partial charge in [-0.1, -0.05) is 6.08 Å². The van der Waals surface area contributed by atoms with Gasteiger partial charge >= 0.3 is 5.69 Å². The molecule has 0 fully saturated rings. The lowest BCUT2D eigenvalue weighted by atomic mass is 10.4. The van der Waals surface area contributed by atoms with E-state index in [1.807, 2.05) is 0 Å². The summed E-state index contributed by atoms with van der Waals surface area (Å²) < 4.78 is 2.77. The lowest BCUT2D eigenvalue weighted by Gasteiger charge is -2.03. The number of rotatable bonds is 4. The minimum atomic E-state index is -0.538. The molecule has 0 radical (unpaired) electrons. The number of nitrogens with zero attached hydrogens (tertiary/aromatic N) is 3. The number of fused-ring (bicyclic) bond motifs is 1. The van der Waals surface area contributed by atoms with Gasteiger partial charge in [0, 0.05) is 12.6 Å². The largest absolute Gasteiger partial charge is 0.330 e. The van der Waals surface area contributed by atoms with Crippen molar-refractivity contribution < 1.29 is 4.79 Å². The molecule has 2 rings (SSSR count). The first-order valence-electron chi connectivity index (χ1n) is 5.17. The fourth-order valence-electron chi connectivity index (χ4n) is 1.69. The zero-order chi connectivity index (χ0) is 13.1. The summed E-state index contributed by atoms with van der Waals surface area (Å²) >= 11 is 0. The predicted molar refractivity (Wildman–Crippen MR) is 65.1 cm³/mol. The van der Waals surface area contributed by atoms with E-state index in [0.717, 1.165) is 0 Å². The Morgan fingerprint density at radius 2 is 2.22 bits per heavy atom. The van der Waals surface area contributed by atoms with Gasteiger partial charge in [-0.2, -0.15) is 0 Å². The van der Waals surface area contributed by atoms with Gasteiger partial charge in [-0.25, -0.2) is 14.6 Å². The molecule has 2 aromatic heterocycles. The van der Waals surface area contributed by atoms with Crippen molar-refractivity contribution in [2.75, 3.05) is 0 Å². The average molecular weight is 246 g/mol. The Hall–Kier alpha value is -2.66. The van der Waals surface area contributed by atoms with Crippen molar-refractivity contribution in [1.82, 2.24) is 19.1 Å². The highest BCUT2D eigenvalue weighted by Gasteiger charge is 2.11. The Bertz CT molecular complexity index is 759. The van der Waals surface area contributed by atoms with E-state index in [4.69, 9.17) is 0 Å². The van der Waals surface area contributed by atoms with Gasteiger partial charge in [0.1, 0.15) is 5.94 Å². The molecule has 0 aliphatic carbocycles. The van der Waals surface area contributed by atoms with Crippen LogP contribution in [0.4, 0.5) is 0 Å². The summed E-state index contributed by atoms with van der Waals surface area (Å²) in [5.41, 5.74) is -0.568. The molecular formula is C11H10N4O3. The molecule has 7 nitrogen and oxygen atoms in total. The second-order valence-electron chi connectivity index (χ2n) is 3.55. The van der Waals surface area contributed by atoms with Crippen LogP contribution in [0.2, 0.25) is 0 Å². The summed E-state index contributed by atoms with van der Waals surface area (Å²) in [6.07, 6.45) is 4.15. The number of H-pyrrole nitrogens is 1. The molecule has 7 heteroatoms. The van der Waals surface area contributed by atoms with E-state index in [-0.39, 0.29) is 24.3 Å². The quantitative estimate of drug-likeness (QED) is 0.579. The number of imidazole rings is 1. The van der Waals surface area contributed by atoms with E-state index in [1.54, 1.807) is 5.94 Å². The maximum Gasteiger partial charge on any atom is 0.330 e. The Kier molecular flexibility index (Phi) is 3.07. The van der Waals surface area contributed by atoms with Gasteiger partial charge in [0.15, 0.2) is 11.2 Å². The molecule has 0 unspecified atom stereocenters. The van der Waals surface area contributed by atoms with Gasteiger partial charge < -0.3 is 4.57 Å². The molecule has 2 aromatic rings.